The molecule has 0 radical (unpaired) electrons. The summed E-state index contributed by atoms with van der Waals surface area (Å²) in [5.74, 6) is 0. The molecule has 0 saturated carbocycles. The molecule has 2 heteroatoms. The zero-order valence-corrected chi connectivity index (χ0v) is 12.3. The summed E-state index contributed by atoms with van der Waals surface area (Å²) in [5, 5.41) is 0. The Hall–Kier alpha value is 0.250. The van der Waals surface area contributed by atoms with Gasteiger partial charge in [-0.3, -0.25) is 0 Å². The van der Waals surface area contributed by atoms with Crippen molar-refractivity contribution in [1.82, 2.24) is 4.90 Å². The Labute approximate surface area is 104 Å². The molecule has 96 valence electrons. The molecule has 0 N–H and O–H groups in total. The van der Waals surface area contributed by atoms with Crippen molar-refractivity contribution in [2.75, 3.05) is 21.1 Å². The van der Waals surface area contributed by atoms with Crippen molar-refractivity contribution in [3.8, 4) is 0 Å². The fourth-order valence-electron chi connectivity index (χ4n) is 1.21. The van der Waals surface area contributed by atoms with Crippen molar-refractivity contribution in [3.63, 3.8) is 0 Å². The van der Waals surface area contributed by atoms with E-state index < -0.39 is 0 Å². The second-order valence-corrected chi connectivity index (χ2v) is 4.46. The van der Waals surface area contributed by atoms with Crippen LogP contribution in [0.3, 0.4) is 0 Å². The van der Waals surface area contributed by atoms with Gasteiger partial charge < -0.3 is 4.90 Å². The van der Waals surface area contributed by atoms with Crippen molar-refractivity contribution in [2.24, 2.45) is 0 Å². The van der Waals surface area contributed by atoms with E-state index in [1.54, 1.807) is 0 Å². The second-order valence-electron chi connectivity index (χ2n) is 4.46. The van der Waals surface area contributed by atoms with Gasteiger partial charge in [-0.2, -0.15) is 0 Å². The lowest BCUT2D eigenvalue weighted by molar-refractivity contribution is 0.505. The van der Waals surface area contributed by atoms with Gasteiger partial charge >= 0.3 is 0 Å². The Morgan fingerprint density at radius 2 is 0.800 bits per heavy atom. The van der Waals surface area contributed by atoms with Gasteiger partial charge in [0.2, 0.25) is 0 Å². The average Bonchev–Trinajstić information content (AvgIpc) is 2.10. The van der Waals surface area contributed by atoms with Crippen LogP contribution in [-0.4, -0.2) is 26.0 Å². The highest BCUT2D eigenvalue weighted by Crippen LogP contribution is 2.07. The smallest absolute Gasteiger partial charge is 0.0140 e. The lowest BCUT2D eigenvalue weighted by Crippen LogP contribution is -1.99. The number of hydrogen-bond donors (Lipinski definition) is 0. The highest BCUT2D eigenvalue weighted by atomic mass is 35.5. The molecule has 0 unspecified atom stereocenters. The zero-order chi connectivity index (χ0) is 11.2. The van der Waals surface area contributed by atoms with E-state index in [1.165, 1.54) is 51.4 Å². The number of nitrogens with zero attached hydrogens (tertiary/aromatic N) is 1. The third kappa shape index (κ3) is 40.7. The number of hydrogen-bond acceptors (Lipinski definition) is 1. The maximum atomic E-state index is 2.27. The van der Waals surface area contributed by atoms with E-state index in [1.807, 2.05) is 26.0 Å². The predicted molar refractivity (Wildman–Crippen MR) is 75.1 cm³/mol. The largest absolute Gasteiger partial charge is 0.312 e. The molecule has 0 aliphatic carbocycles. The van der Waals surface area contributed by atoms with Crippen molar-refractivity contribution in [2.45, 2.75) is 65.2 Å². The summed E-state index contributed by atoms with van der Waals surface area (Å²) in [6.07, 6.45) is 11.5. The third-order valence-corrected chi connectivity index (χ3v) is 1.96. The molecule has 0 aliphatic rings. The van der Waals surface area contributed by atoms with Crippen molar-refractivity contribution < 1.29 is 0 Å². The van der Waals surface area contributed by atoms with Crippen LogP contribution in [0.25, 0.3) is 0 Å². The minimum atomic E-state index is 0. The average molecular weight is 238 g/mol. The molecule has 0 aromatic rings. The minimum absolute atomic E-state index is 0. The van der Waals surface area contributed by atoms with E-state index in [2.05, 4.69) is 13.8 Å². The summed E-state index contributed by atoms with van der Waals surface area (Å²) >= 11 is 0. The van der Waals surface area contributed by atoms with Crippen molar-refractivity contribution in [3.05, 3.63) is 0 Å². The van der Waals surface area contributed by atoms with Crippen molar-refractivity contribution >= 4 is 12.4 Å². The highest BCUT2D eigenvalue weighted by molar-refractivity contribution is 5.85. The molecule has 0 amide bonds. The number of rotatable bonds is 7. The Morgan fingerprint density at radius 1 is 0.600 bits per heavy atom. The predicted octanol–water partition coefficient (Wildman–Crippen LogP) is 4.75. The topological polar surface area (TPSA) is 3.24 Å². The molecule has 0 aliphatic heterocycles. The van der Waals surface area contributed by atoms with Gasteiger partial charge in [0.1, 0.15) is 0 Å². The minimum Gasteiger partial charge on any atom is -0.312 e. The van der Waals surface area contributed by atoms with Gasteiger partial charge in [0.15, 0.2) is 0 Å². The molecule has 0 aromatic carbocycles. The summed E-state index contributed by atoms with van der Waals surface area (Å²) in [7, 11) is 6.00. The second kappa shape index (κ2) is 19.8. The number of halogens is 1. The third-order valence-electron chi connectivity index (χ3n) is 1.96. The van der Waals surface area contributed by atoms with E-state index in [0.29, 0.717) is 0 Å². The molecular formula is C13H32ClN. The van der Waals surface area contributed by atoms with Crippen LogP contribution in [0.4, 0.5) is 0 Å². The lowest BCUT2D eigenvalue weighted by Gasteiger charge is -1.97. The maximum absolute atomic E-state index is 2.27. The molecule has 0 aromatic heterocycles. The molecular weight excluding hydrogens is 206 g/mol. The van der Waals surface area contributed by atoms with Crippen LogP contribution in [0.5, 0.6) is 0 Å². The first kappa shape index (κ1) is 20.6. The van der Waals surface area contributed by atoms with E-state index in [0.717, 1.165) is 0 Å². The maximum Gasteiger partial charge on any atom is -0.0140 e. The first-order chi connectivity index (χ1) is 6.65. The van der Waals surface area contributed by atoms with Gasteiger partial charge in [-0.05, 0) is 21.1 Å². The molecule has 0 heterocycles. The monoisotopic (exact) mass is 237 g/mol. The zero-order valence-electron chi connectivity index (χ0n) is 11.5. The van der Waals surface area contributed by atoms with E-state index in [-0.39, 0.29) is 12.4 Å². The van der Waals surface area contributed by atoms with Crippen LogP contribution in [0.1, 0.15) is 65.2 Å². The molecule has 0 fully saturated rings. The van der Waals surface area contributed by atoms with Gasteiger partial charge in [0.05, 0.1) is 0 Å². The Bertz CT molecular complexity index is 73.9. The summed E-state index contributed by atoms with van der Waals surface area (Å²) in [6, 6.07) is 0. The Balaban J connectivity index is -0.000000249. The van der Waals surface area contributed by atoms with E-state index in [9.17, 15) is 0 Å². The van der Waals surface area contributed by atoms with Gasteiger partial charge in [0.25, 0.3) is 0 Å². The van der Waals surface area contributed by atoms with Crippen LogP contribution in [0.15, 0.2) is 0 Å². The van der Waals surface area contributed by atoms with Gasteiger partial charge in [-0.1, -0.05) is 65.2 Å². The summed E-state index contributed by atoms with van der Waals surface area (Å²) in [4.78, 5) is 2.00. The van der Waals surface area contributed by atoms with Gasteiger partial charge in [-0.25, -0.2) is 0 Å². The van der Waals surface area contributed by atoms with Crippen LogP contribution in [0, 0.1) is 0 Å². The number of unbranched alkanes of at least 4 members (excludes halogenated alkanes) is 7. The summed E-state index contributed by atoms with van der Waals surface area (Å²) in [6.45, 7) is 4.54. The first-order valence-corrected chi connectivity index (χ1v) is 6.26. The van der Waals surface area contributed by atoms with E-state index in [4.69, 9.17) is 0 Å². The normalized spacial score (nSPS) is 9.20. The van der Waals surface area contributed by atoms with Crippen molar-refractivity contribution in [1.29, 1.82) is 0 Å². The first-order valence-electron chi connectivity index (χ1n) is 6.26. The van der Waals surface area contributed by atoms with Crippen LogP contribution < -0.4 is 0 Å². The summed E-state index contributed by atoms with van der Waals surface area (Å²) in [5.41, 5.74) is 0. The van der Waals surface area contributed by atoms with E-state index >= 15 is 0 Å². The Kier molecular flexibility index (Phi) is 27.2. The van der Waals surface area contributed by atoms with Crippen LogP contribution >= 0.6 is 12.4 Å². The molecule has 15 heavy (non-hydrogen) atoms. The standard InChI is InChI=1S/C10H22.C3H9N.ClH/c1-3-5-7-9-10-8-6-4-2;1-4(2)3;/h3-10H2,1-2H3;1-3H3;1H. The molecule has 0 spiro atoms. The SMILES string of the molecule is CCCCCCCCCC.CN(C)C.Cl. The molecule has 1 nitrogen and oxygen atoms in total. The molecule has 0 saturated heterocycles. The fraction of sp³-hybridized carbons (Fsp3) is 1.00. The fourth-order valence-corrected chi connectivity index (χ4v) is 1.21. The summed E-state index contributed by atoms with van der Waals surface area (Å²) < 4.78 is 0. The molecule has 0 rings (SSSR count). The van der Waals surface area contributed by atoms with Gasteiger partial charge in [0, 0.05) is 0 Å². The molecule has 0 atom stereocenters. The van der Waals surface area contributed by atoms with Crippen LogP contribution in [-0.2, 0) is 0 Å². The lowest BCUT2D eigenvalue weighted by atomic mass is 10.1. The van der Waals surface area contributed by atoms with Gasteiger partial charge in [-0.15, -0.1) is 12.4 Å². The Morgan fingerprint density at radius 3 is 1.00 bits per heavy atom. The molecule has 0 bridgehead atoms. The quantitative estimate of drug-likeness (QED) is 0.578. The van der Waals surface area contributed by atoms with Crippen LogP contribution in [0.2, 0.25) is 0 Å². The highest BCUT2D eigenvalue weighted by Gasteiger charge is 1.87.